The Labute approximate surface area is 192 Å². The Morgan fingerprint density at radius 1 is 1.19 bits per heavy atom. The van der Waals surface area contributed by atoms with E-state index < -0.39 is 30.2 Å². The molecule has 0 spiro atoms. The minimum atomic E-state index is -4.57. The number of amides is 1. The number of carbonyl (C=O) groups is 2. The summed E-state index contributed by atoms with van der Waals surface area (Å²) in [6, 6.07) is 7.95. The smallest absolute Gasteiger partial charge is 0.416 e. The van der Waals surface area contributed by atoms with E-state index in [1.165, 1.54) is 23.9 Å². The van der Waals surface area contributed by atoms with Crippen molar-refractivity contribution in [2.75, 3.05) is 49.4 Å². The number of morpholine rings is 1. The lowest BCUT2D eigenvalue weighted by Gasteiger charge is -2.31. The van der Waals surface area contributed by atoms with Crippen molar-refractivity contribution in [2.45, 2.75) is 11.1 Å². The zero-order chi connectivity index (χ0) is 23.3. The Morgan fingerprint density at radius 2 is 1.91 bits per heavy atom. The van der Waals surface area contributed by atoms with Crippen LogP contribution in [0.5, 0.6) is 0 Å². The fourth-order valence-corrected chi connectivity index (χ4v) is 3.71. The van der Waals surface area contributed by atoms with E-state index in [1.54, 1.807) is 12.1 Å². The second-order valence-corrected chi connectivity index (χ2v) is 8.09. The van der Waals surface area contributed by atoms with E-state index in [2.05, 4.69) is 5.32 Å². The highest BCUT2D eigenvalue weighted by atomic mass is 35.5. The summed E-state index contributed by atoms with van der Waals surface area (Å²) in [6.07, 6.45) is -2.75. The van der Waals surface area contributed by atoms with Gasteiger partial charge in [0, 0.05) is 18.0 Å². The third-order valence-electron chi connectivity index (χ3n) is 4.68. The molecular formula is C21H20ClF3N2O4S. The van der Waals surface area contributed by atoms with Crippen LogP contribution in [0.4, 0.5) is 24.5 Å². The number of nitrogens with one attached hydrogen (secondary N) is 1. The molecule has 0 saturated carbocycles. The van der Waals surface area contributed by atoms with Gasteiger partial charge in [-0.15, -0.1) is 11.8 Å². The summed E-state index contributed by atoms with van der Waals surface area (Å²) in [5.74, 6) is -1.58. The summed E-state index contributed by atoms with van der Waals surface area (Å²) in [5, 5.41) is 2.60. The van der Waals surface area contributed by atoms with Crippen LogP contribution >= 0.6 is 23.4 Å². The molecule has 6 nitrogen and oxygen atoms in total. The summed E-state index contributed by atoms with van der Waals surface area (Å²) >= 11 is 7.43. The number of halogens is 4. The first-order valence-electron chi connectivity index (χ1n) is 9.53. The van der Waals surface area contributed by atoms with Gasteiger partial charge in [-0.05, 0) is 42.7 Å². The predicted octanol–water partition coefficient (Wildman–Crippen LogP) is 4.71. The molecule has 1 saturated heterocycles. The first-order chi connectivity index (χ1) is 15.2. The Balaban J connectivity index is 1.73. The molecule has 1 aliphatic rings. The number of thioether (sulfide) groups is 1. The molecule has 11 heteroatoms. The second-order valence-electron chi connectivity index (χ2n) is 6.80. The normalized spacial score (nSPS) is 14.2. The van der Waals surface area contributed by atoms with E-state index in [9.17, 15) is 22.8 Å². The molecule has 0 bridgehead atoms. The van der Waals surface area contributed by atoms with Gasteiger partial charge in [0.1, 0.15) is 0 Å². The fraction of sp³-hybridized carbons (Fsp3) is 0.333. The van der Waals surface area contributed by atoms with Crippen molar-refractivity contribution in [3.05, 3.63) is 52.5 Å². The van der Waals surface area contributed by atoms with Crippen molar-refractivity contribution in [3.63, 3.8) is 0 Å². The predicted molar refractivity (Wildman–Crippen MR) is 117 cm³/mol. The minimum Gasteiger partial charge on any atom is -0.452 e. The van der Waals surface area contributed by atoms with Gasteiger partial charge >= 0.3 is 12.1 Å². The molecule has 0 aliphatic carbocycles. The fourth-order valence-electron chi connectivity index (χ4n) is 3.08. The number of carbonyl (C=O) groups excluding carboxylic acids is 2. The van der Waals surface area contributed by atoms with Crippen LogP contribution in [0.1, 0.15) is 15.9 Å². The third kappa shape index (κ3) is 6.08. The van der Waals surface area contributed by atoms with Gasteiger partial charge in [0.15, 0.2) is 6.61 Å². The SMILES string of the molecule is CSc1ccc(Cl)c(C(=O)OCC(=O)Nc2cc(C(F)(F)F)ccc2N2CCOCC2)c1. The van der Waals surface area contributed by atoms with Gasteiger partial charge in [0.05, 0.1) is 40.7 Å². The Bertz CT molecular complexity index is 997. The summed E-state index contributed by atoms with van der Waals surface area (Å²) in [7, 11) is 0. The van der Waals surface area contributed by atoms with E-state index in [1.807, 2.05) is 11.2 Å². The molecule has 32 heavy (non-hydrogen) atoms. The number of benzene rings is 2. The van der Waals surface area contributed by atoms with Gasteiger partial charge in [-0.1, -0.05) is 11.6 Å². The Kier molecular flexibility index (Phi) is 7.91. The topological polar surface area (TPSA) is 67.9 Å². The first kappa shape index (κ1) is 24.2. The van der Waals surface area contributed by atoms with Crippen LogP contribution in [-0.4, -0.2) is 51.0 Å². The van der Waals surface area contributed by atoms with E-state index in [0.29, 0.717) is 32.0 Å². The number of hydrogen-bond donors (Lipinski definition) is 1. The highest BCUT2D eigenvalue weighted by molar-refractivity contribution is 7.98. The van der Waals surface area contributed by atoms with Gasteiger partial charge in [-0.2, -0.15) is 13.2 Å². The highest BCUT2D eigenvalue weighted by Gasteiger charge is 2.32. The molecule has 0 atom stereocenters. The quantitative estimate of drug-likeness (QED) is 0.469. The maximum Gasteiger partial charge on any atom is 0.416 e. The summed E-state index contributed by atoms with van der Waals surface area (Å²) in [5.41, 5.74) is -0.399. The molecule has 1 fully saturated rings. The molecular weight excluding hydrogens is 469 g/mol. The second kappa shape index (κ2) is 10.5. The molecule has 1 aliphatic heterocycles. The van der Waals surface area contributed by atoms with Gasteiger partial charge in [0.2, 0.25) is 0 Å². The van der Waals surface area contributed by atoms with E-state index in [-0.39, 0.29) is 16.3 Å². The van der Waals surface area contributed by atoms with Gasteiger partial charge < -0.3 is 19.7 Å². The summed E-state index contributed by atoms with van der Waals surface area (Å²) in [6.45, 7) is 1.09. The van der Waals surface area contributed by atoms with Gasteiger partial charge in [-0.3, -0.25) is 4.79 Å². The Morgan fingerprint density at radius 3 is 2.56 bits per heavy atom. The van der Waals surface area contributed by atoms with Crippen LogP contribution in [0.3, 0.4) is 0 Å². The Hall–Kier alpha value is -2.43. The average molecular weight is 489 g/mol. The number of esters is 1. The van der Waals surface area contributed by atoms with E-state index >= 15 is 0 Å². The van der Waals surface area contributed by atoms with Crippen LogP contribution in [0.2, 0.25) is 5.02 Å². The number of alkyl halides is 3. The van der Waals surface area contributed by atoms with Crippen molar-refractivity contribution in [1.82, 2.24) is 0 Å². The maximum absolute atomic E-state index is 13.2. The van der Waals surface area contributed by atoms with Crippen molar-refractivity contribution in [1.29, 1.82) is 0 Å². The van der Waals surface area contributed by atoms with Crippen LogP contribution in [0.25, 0.3) is 0 Å². The molecule has 2 aromatic carbocycles. The van der Waals surface area contributed by atoms with E-state index in [0.717, 1.165) is 17.0 Å². The summed E-state index contributed by atoms with van der Waals surface area (Å²) < 4.78 is 49.9. The van der Waals surface area contributed by atoms with E-state index in [4.69, 9.17) is 21.1 Å². The maximum atomic E-state index is 13.2. The van der Waals surface area contributed by atoms with Crippen molar-refractivity contribution < 1.29 is 32.2 Å². The lowest BCUT2D eigenvalue weighted by atomic mass is 10.1. The molecule has 0 unspecified atom stereocenters. The number of hydrogen-bond acceptors (Lipinski definition) is 6. The third-order valence-corrected chi connectivity index (χ3v) is 5.73. The van der Waals surface area contributed by atoms with Crippen LogP contribution in [0, 0.1) is 0 Å². The molecule has 0 radical (unpaired) electrons. The zero-order valence-corrected chi connectivity index (χ0v) is 18.6. The number of anilines is 2. The standard InChI is InChI=1S/C21H20ClF3N2O4S/c1-32-14-3-4-16(22)15(11-14)20(29)31-12-19(28)26-17-10-13(21(23,24)25)2-5-18(17)27-6-8-30-9-7-27/h2-5,10-11H,6-9,12H2,1H3,(H,26,28). The highest BCUT2D eigenvalue weighted by Crippen LogP contribution is 2.35. The van der Waals surface area contributed by atoms with Crippen molar-refractivity contribution >= 4 is 46.6 Å². The zero-order valence-electron chi connectivity index (χ0n) is 17.0. The molecule has 172 valence electrons. The molecule has 3 rings (SSSR count). The number of nitrogens with zero attached hydrogens (tertiary/aromatic N) is 1. The molecule has 1 N–H and O–H groups in total. The minimum absolute atomic E-state index is 0.0230. The monoisotopic (exact) mass is 488 g/mol. The summed E-state index contributed by atoms with van der Waals surface area (Å²) in [4.78, 5) is 27.3. The largest absolute Gasteiger partial charge is 0.452 e. The van der Waals surface area contributed by atoms with Crippen LogP contribution in [-0.2, 0) is 20.4 Å². The molecule has 0 aromatic heterocycles. The number of rotatable bonds is 6. The van der Waals surface area contributed by atoms with Crippen LogP contribution < -0.4 is 10.2 Å². The molecule has 2 aromatic rings. The number of ether oxygens (including phenoxy) is 2. The lowest BCUT2D eigenvalue weighted by molar-refractivity contribution is -0.137. The molecule has 1 amide bonds. The lowest BCUT2D eigenvalue weighted by Crippen LogP contribution is -2.37. The molecule has 1 heterocycles. The first-order valence-corrected chi connectivity index (χ1v) is 11.1. The van der Waals surface area contributed by atoms with Crippen LogP contribution in [0.15, 0.2) is 41.3 Å². The van der Waals surface area contributed by atoms with Crippen molar-refractivity contribution in [3.8, 4) is 0 Å². The van der Waals surface area contributed by atoms with Crippen molar-refractivity contribution in [2.24, 2.45) is 0 Å². The average Bonchev–Trinajstić information content (AvgIpc) is 2.77. The van der Waals surface area contributed by atoms with Gasteiger partial charge in [0.25, 0.3) is 5.91 Å². The van der Waals surface area contributed by atoms with Gasteiger partial charge in [-0.25, -0.2) is 4.79 Å².